The maximum Gasteiger partial charge on any atom is 0.174 e. The van der Waals surface area contributed by atoms with Gasteiger partial charge in [-0.1, -0.05) is 20.8 Å². The number of carbonyl (C=O) groups excluding carboxylic acids is 1. The minimum Gasteiger partial charge on any atom is -0.347 e. The van der Waals surface area contributed by atoms with Crippen molar-refractivity contribution in [2.24, 2.45) is 22.7 Å². The van der Waals surface area contributed by atoms with E-state index < -0.39 is 5.79 Å². The van der Waals surface area contributed by atoms with Crippen molar-refractivity contribution in [2.75, 3.05) is 13.2 Å². The van der Waals surface area contributed by atoms with Crippen LogP contribution in [-0.2, 0) is 14.3 Å². The predicted molar refractivity (Wildman–Crippen MR) is 72.7 cm³/mol. The second-order valence-electron chi connectivity index (χ2n) is 7.24. The summed E-state index contributed by atoms with van der Waals surface area (Å²) in [5.74, 6) is 0.424. The van der Waals surface area contributed by atoms with E-state index in [1.165, 1.54) is 6.29 Å². The summed E-state index contributed by atoms with van der Waals surface area (Å²) in [7, 11) is 0. The molecule has 3 fully saturated rings. The van der Waals surface area contributed by atoms with E-state index in [1.54, 1.807) is 0 Å². The van der Waals surface area contributed by atoms with Gasteiger partial charge in [-0.2, -0.15) is 0 Å². The highest BCUT2D eigenvalue weighted by molar-refractivity contribution is 5.60. The first-order valence-corrected chi connectivity index (χ1v) is 7.73. The zero-order valence-corrected chi connectivity index (χ0v) is 12.4. The van der Waals surface area contributed by atoms with E-state index >= 15 is 0 Å². The van der Waals surface area contributed by atoms with Crippen molar-refractivity contribution in [3.05, 3.63) is 0 Å². The second-order valence-corrected chi connectivity index (χ2v) is 7.24. The number of rotatable bonds is 1. The van der Waals surface area contributed by atoms with E-state index in [2.05, 4.69) is 20.8 Å². The molecule has 0 aromatic rings. The van der Waals surface area contributed by atoms with Crippen LogP contribution >= 0.6 is 0 Å². The third-order valence-corrected chi connectivity index (χ3v) is 6.56. The van der Waals surface area contributed by atoms with Crippen molar-refractivity contribution in [3.8, 4) is 0 Å². The van der Waals surface area contributed by atoms with Gasteiger partial charge in [0, 0.05) is 17.3 Å². The first-order chi connectivity index (χ1) is 8.98. The third-order valence-electron chi connectivity index (χ3n) is 6.56. The van der Waals surface area contributed by atoms with Crippen LogP contribution in [0.3, 0.4) is 0 Å². The van der Waals surface area contributed by atoms with E-state index in [9.17, 15) is 4.79 Å². The molecule has 3 nitrogen and oxygen atoms in total. The molecule has 0 unspecified atom stereocenters. The molecule has 3 heteroatoms. The highest BCUT2D eigenvalue weighted by Crippen LogP contribution is 2.64. The molecule has 2 aliphatic carbocycles. The van der Waals surface area contributed by atoms with Gasteiger partial charge in [0.2, 0.25) is 0 Å². The Morgan fingerprint density at radius 3 is 2.42 bits per heavy atom. The van der Waals surface area contributed by atoms with Crippen LogP contribution < -0.4 is 0 Å². The Balaban J connectivity index is 2.03. The summed E-state index contributed by atoms with van der Waals surface area (Å²) < 4.78 is 12.2. The van der Waals surface area contributed by atoms with Gasteiger partial charge in [-0.05, 0) is 37.5 Å². The molecular formula is C16H26O3. The first-order valence-electron chi connectivity index (χ1n) is 7.73. The summed E-state index contributed by atoms with van der Waals surface area (Å²) in [5.41, 5.74) is -0.236. The van der Waals surface area contributed by atoms with Gasteiger partial charge in [0.25, 0.3) is 0 Å². The topological polar surface area (TPSA) is 35.5 Å². The fraction of sp³-hybridized carbons (Fsp3) is 0.938. The molecule has 3 rings (SSSR count). The molecule has 19 heavy (non-hydrogen) atoms. The monoisotopic (exact) mass is 266 g/mol. The predicted octanol–water partition coefficient (Wildman–Crippen LogP) is 3.17. The molecule has 1 aliphatic heterocycles. The summed E-state index contributed by atoms with van der Waals surface area (Å²) in [4.78, 5) is 11.8. The van der Waals surface area contributed by atoms with Gasteiger partial charge in [-0.15, -0.1) is 0 Å². The van der Waals surface area contributed by atoms with Crippen molar-refractivity contribution < 1.29 is 14.3 Å². The van der Waals surface area contributed by atoms with Crippen LogP contribution in [0.5, 0.6) is 0 Å². The van der Waals surface area contributed by atoms with Crippen LogP contribution in [0.2, 0.25) is 0 Å². The molecule has 0 aromatic carbocycles. The number of hydrogen-bond donors (Lipinski definition) is 0. The summed E-state index contributed by atoms with van der Waals surface area (Å²) in [6.07, 6.45) is 6.65. The van der Waals surface area contributed by atoms with Crippen molar-refractivity contribution in [1.29, 1.82) is 0 Å². The molecule has 0 bridgehead atoms. The van der Waals surface area contributed by atoms with Crippen LogP contribution in [0.4, 0.5) is 0 Å². The summed E-state index contributed by atoms with van der Waals surface area (Å²) in [5, 5.41) is 0. The van der Waals surface area contributed by atoms with Gasteiger partial charge < -0.3 is 14.3 Å². The lowest BCUT2D eigenvalue weighted by atomic mass is 9.47. The summed E-state index contributed by atoms with van der Waals surface area (Å²) in [6.45, 7) is 8.09. The molecule has 1 spiro atoms. The Hall–Kier alpha value is -0.410. The lowest BCUT2D eigenvalue weighted by Gasteiger charge is -2.61. The normalized spacial score (nSPS) is 49.0. The van der Waals surface area contributed by atoms with E-state index in [4.69, 9.17) is 9.47 Å². The van der Waals surface area contributed by atoms with Gasteiger partial charge >= 0.3 is 0 Å². The zero-order chi connectivity index (χ0) is 13.7. The fourth-order valence-electron chi connectivity index (χ4n) is 5.07. The average molecular weight is 266 g/mol. The van der Waals surface area contributed by atoms with E-state index in [-0.39, 0.29) is 10.8 Å². The number of aldehydes is 1. The standard InChI is InChI=1S/C16H26O3/c1-12-6-8-15(3)13(14(12,2)11-17)5-4-7-16(15)18-9-10-19-16/h11-13H,4-10H2,1-3H3/t12-,13-,14+,15-/m0/s1. The van der Waals surface area contributed by atoms with Crippen LogP contribution in [0.25, 0.3) is 0 Å². The minimum absolute atomic E-state index is 0.0100. The zero-order valence-electron chi connectivity index (χ0n) is 12.4. The van der Waals surface area contributed by atoms with Gasteiger partial charge in [0.1, 0.15) is 6.29 Å². The number of ether oxygens (including phenoxy) is 2. The van der Waals surface area contributed by atoms with Crippen molar-refractivity contribution in [1.82, 2.24) is 0 Å². The summed E-state index contributed by atoms with van der Waals surface area (Å²) >= 11 is 0. The van der Waals surface area contributed by atoms with E-state index in [0.717, 1.165) is 32.1 Å². The van der Waals surface area contributed by atoms with Gasteiger partial charge in [-0.25, -0.2) is 0 Å². The van der Waals surface area contributed by atoms with Crippen molar-refractivity contribution in [2.45, 2.75) is 58.7 Å². The van der Waals surface area contributed by atoms with E-state index in [1.807, 2.05) is 0 Å². The smallest absolute Gasteiger partial charge is 0.174 e. The van der Waals surface area contributed by atoms with Gasteiger partial charge in [-0.3, -0.25) is 0 Å². The molecule has 1 heterocycles. The first kappa shape index (κ1) is 13.6. The minimum atomic E-state index is -0.416. The van der Waals surface area contributed by atoms with Crippen LogP contribution in [-0.4, -0.2) is 25.3 Å². The number of hydrogen-bond acceptors (Lipinski definition) is 3. The Labute approximate surface area is 116 Å². The second kappa shape index (κ2) is 4.29. The maximum absolute atomic E-state index is 11.8. The molecule has 0 amide bonds. The van der Waals surface area contributed by atoms with Gasteiger partial charge in [0.15, 0.2) is 5.79 Å². The third kappa shape index (κ3) is 1.61. The average Bonchev–Trinajstić information content (AvgIpc) is 2.87. The SMILES string of the molecule is C[C@H]1CC[C@@]2(C)[C@@H](CCCC23OCCO3)[C@]1(C)C=O. The molecular weight excluding hydrogens is 240 g/mol. The quantitative estimate of drug-likeness (QED) is 0.684. The van der Waals surface area contributed by atoms with Crippen LogP contribution in [0, 0.1) is 22.7 Å². The van der Waals surface area contributed by atoms with Gasteiger partial charge in [0.05, 0.1) is 13.2 Å². The lowest BCUT2D eigenvalue weighted by molar-refractivity contribution is -0.292. The number of carbonyl (C=O) groups is 1. The maximum atomic E-state index is 11.8. The molecule has 3 aliphatic rings. The Bertz CT molecular complexity index is 374. The molecule has 1 saturated heterocycles. The largest absolute Gasteiger partial charge is 0.347 e. The van der Waals surface area contributed by atoms with Crippen LogP contribution in [0.15, 0.2) is 0 Å². The Morgan fingerprint density at radius 2 is 1.79 bits per heavy atom. The van der Waals surface area contributed by atoms with Crippen molar-refractivity contribution in [3.63, 3.8) is 0 Å². The highest BCUT2D eigenvalue weighted by Gasteiger charge is 2.64. The fourth-order valence-corrected chi connectivity index (χ4v) is 5.07. The molecule has 108 valence electrons. The lowest BCUT2D eigenvalue weighted by Crippen LogP contribution is -2.62. The Kier molecular flexibility index (Phi) is 3.06. The molecule has 2 saturated carbocycles. The Morgan fingerprint density at radius 1 is 1.11 bits per heavy atom. The van der Waals surface area contributed by atoms with Crippen LogP contribution in [0.1, 0.15) is 52.9 Å². The highest BCUT2D eigenvalue weighted by atomic mass is 16.7. The molecule has 0 radical (unpaired) electrons. The van der Waals surface area contributed by atoms with E-state index in [0.29, 0.717) is 25.0 Å². The molecule has 0 N–H and O–H groups in total. The number of fused-ring (bicyclic) bond motifs is 2. The molecule has 4 atom stereocenters. The molecule has 0 aromatic heterocycles. The van der Waals surface area contributed by atoms with Crippen molar-refractivity contribution >= 4 is 6.29 Å². The summed E-state index contributed by atoms with van der Waals surface area (Å²) in [6, 6.07) is 0.